The lowest BCUT2D eigenvalue weighted by Gasteiger charge is -2.15. The quantitative estimate of drug-likeness (QED) is 0.944. The summed E-state index contributed by atoms with van der Waals surface area (Å²) in [5, 5.41) is 6.90. The molecule has 0 spiro atoms. The molecule has 1 unspecified atom stereocenters. The number of rotatable bonds is 3. The predicted octanol–water partition coefficient (Wildman–Crippen LogP) is 2.07. The van der Waals surface area contributed by atoms with Crippen molar-refractivity contribution in [1.82, 2.24) is 9.78 Å². The van der Waals surface area contributed by atoms with Crippen molar-refractivity contribution >= 4 is 11.6 Å². The molecule has 5 nitrogen and oxygen atoms in total. The van der Waals surface area contributed by atoms with Gasteiger partial charge in [0.05, 0.1) is 5.69 Å². The van der Waals surface area contributed by atoms with E-state index in [0.29, 0.717) is 5.69 Å². The fourth-order valence-electron chi connectivity index (χ4n) is 2.62. The minimum Gasteiger partial charge on any atom is -0.324 e. The third kappa shape index (κ3) is 2.77. The number of halogens is 1. The molecular formula is C16H16FN3O2. The van der Waals surface area contributed by atoms with Gasteiger partial charge in [0.2, 0.25) is 5.91 Å². The van der Waals surface area contributed by atoms with E-state index in [0.717, 1.165) is 30.5 Å². The first-order valence-corrected chi connectivity index (χ1v) is 7.22. The van der Waals surface area contributed by atoms with Crippen molar-refractivity contribution in [2.45, 2.75) is 32.2 Å². The Morgan fingerprint density at radius 1 is 1.36 bits per heavy atom. The number of carbonyl (C=O) groups excluding carboxylic acids is 1. The Kier molecular flexibility index (Phi) is 3.75. The van der Waals surface area contributed by atoms with Gasteiger partial charge in [0.15, 0.2) is 0 Å². The number of fused-ring (bicyclic) bond motifs is 1. The van der Waals surface area contributed by atoms with E-state index in [9.17, 15) is 14.0 Å². The van der Waals surface area contributed by atoms with Gasteiger partial charge in [-0.1, -0.05) is 6.07 Å². The molecule has 0 aliphatic heterocycles. The molecule has 1 amide bonds. The second-order valence-corrected chi connectivity index (χ2v) is 5.43. The molecule has 0 saturated carbocycles. The SMILES string of the molecule is CC(C(=O)Nc1cccc(F)c1)n1nc2c(cc1=O)CCC2. The number of aryl methyl sites for hydroxylation is 2. The summed E-state index contributed by atoms with van der Waals surface area (Å²) >= 11 is 0. The highest BCUT2D eigenvalue weighted by molar-refractivity contribution is 5.93. The largest absolute Gasteiger partial charge is 0.324 e. The normalized spacial score (nSPS) is 14.5. The van der Waals surface area contributed by atoms with Crippen LogP contribution in [0.25, 0.3) is 0 Å². The lowest BCUT2D eigenvalue weighted by Crippen LogP contribution is -2.34. The van der Waals surface area contributed by atoms with Crippen molar-refractivity contribution in [1.29, 1.82) is 0 Å². The van der Waals surface area contributed by atoms with Crippen molar-refractivity contribution in [3.05, 3.63) is 57.8 Å². The monoisotopic (exact) mass is 301 g/mol. The van der Waals surface area contributed by atoms with E-state index in [4.69, 9.17) is 0 Å². The molecule has 22 heavy (non-hydrogen) atoms. The number of benzene rings is 1. The molecule has 1 aromatic heterocycles. The fourth-order valence-corrected chi connectivity index (χ4v) is 2.62. The number of nitrogens with zero attached hydrogens (tertiary/aromatic N) is 2. The fraction of sp³-hybridized carbons (Fsp3) is 0.312. The Morgan fingerprint density at radius 2 is 2.18 bits per heavy atom. The second-order valence-electron chi connectivity index (χ2n) is 5.43. The molecule has 0 radical (unpaired) electrons. The molecule has 1 atom stereocenters. The Hall–Kier alpha value is -2.50. The first-order valence-electron chi connectivity index (χ1n) is 7.22. The summed E-state index contributed by atoms with van der Waals surface area (Å²) in [5.74, 6) is -0.837. The minimum atomic E-state index is -0.762. The summed E-state index contributed by atoms with van der Waals surface area (Å²) in [6.07, 6.45) is 2.67. The Bertz CT molecular complexity index is 785. The van der Waals surface area contributed by atoms with Crippen LogP contribution in [0.1, 0.15) is 30.6 Å². The number of anilines is 1. The molecule has 1 heterocycles. The van der Waals surface area contributed by atoms with Gasteiger partial charge in [0.1, 0.15) is 11.9 Å². The van der Waals surface area contributed by atoms with Crippen LogP contribution in [-0.4, -0.2) is 15.7 Å². The van der Waals surface area contributed by atoms with Crippen molar-refractivity contribution in [3.63, 3.8) is 0 Å². The van der Waals surface area contributed by atoms with Crippen LogP contribution in [-0.2, 0) is 17.6 Å². The van der Waals surface area contributed by atoms with Crippen LogP contribution in [0.15, 0.2) is 35.1 Å². The maximum atomic E-state index is 13.1. The molecule has 0 saturated heterocycles. The Morgan fingerprint density at radius 3 is 2.95 bits per heavy atom. The van der Waals surface area contributed by atoms with Crippen LogP contribution in [0.2, 0.25) is 0 Å². The molecule has 0 bridgehead atoms. The zero-order chi connectivity index (χ0) is 15.7. The minimum absolute atomic E-state index is 0.289. The average Bonchev–Trinajstić information content (AvgIpc) is 2.92. The first-order chi connectivity index (χ1) is 10.5. The van der Waals surface area contributed by atoms with Crippen LogP contribution in [0.4, 0.5) is 10.1 Å². The topological polar surface area (TPSA) is 64.0 Å². The lowest BCUT2D eigenvalue weighted by atomic mass is 10.2. The highest BCUT2D eigenvalue weighted by Gasteiger charge is 2.21. The van der Waals surface area contributed by atoms with Crippen molar-refractivity contribution in [2.75, 3.05) is 5.32 Å². The van der Waals surface area contributed by atoms with Crippen LogP contribution >= 0.6 is 0 Å². The van der Waals surface area contributed by atoms with Crippen LogP contribution in [0.3, 0.4) is 0 Å². The van der Waals surface area contributed by atoms with E-state index in [1.165, 1.54) is 22.9 Å². The van der Waals surface area contributed by atoms with E-state index >= 15 is 0 Å². The second kappa shape index (κ2) is 5.71. The highest BCUT2D eigenvalue weighted by atomic mass is 19.1. The zero-order valence-corrected chi connectivity index (χ0v) is 12.2. The van der Waals surface area contributed by atoms with E-state index in [2.05, 4.69) is 10.4 Å². The van der Waals surface area contributed by atoms with Crippen LogP contribution in [0, 0.1) is 5.82 Å². The van der Waals surface area contributed by atoms with Gasteiger partial charge in [-0.2, -0.15) is 5.10 Å². The Labute approximate surface area is 126 Å². The van der Waals surface area contributed by atoms with E-state index in [1.807, 2.05) is 0 Å². The van der Waals surface area contributed by atoms with Gasteiger partial charge in [-0.15, -0.1) is 0 Å². The first kappa shape index (κ1) is 14.4. The van der Waals surface area contributed by atoms with Gasteiger partial charge in [-0.3, -0.25) is 9.59 Å². The van der Waals surface area contributed by atoms with Gasteiger partial charge in [0.25, 0.3) is 5.56 Å². The van der Waals surface area contributed by atoms with Gasteiger partial charge in [-0.05, 0) is 49.9 Å². The van der Waals surface area contributed by atoms with Crippen molar-refractivity contribution < 1.29 is 9.18 Å². The Balaban J connectivity index is 1.83. The maximum absolute atomic E-state index is 13.1. The van der Waals surface area contributed by atoms with Crippen LogP contribution in [0.5, 0.6) is 0 Å². The van der Waals surface area contributed by atoms with E-state index in [-0.39, 0.29) is 5.56 Å². The molecule has 2 aromatic rings. The third-order valence-electron chi connectivity index (χ3n) is 3.82. The van der Waals surface area contributed by atoms with Crippen LogP contribution < -0.4 is 10.9 Å². The number of amides is 1. The molecule has 3 rings (SSSR count). The molecule has 1 aliphatic carbocycles. The third-order valence-corrected chi connectivity index (χ3v) is 3.82. The molecule has 1 N–H and O–H groups in total. The van der Waals surface area contributed by atoms with E-state index < -0.39 is 17.8 Å². The average molecular weight is 301 g/mol. The summed E-state index contributed by atoms with van der Waals surface area (Å²) in [4.78, 5) is 24.3. The molecular weight excluding hydrogens is 285 g/mol. The van der Waals surface area contributed by atoms with Crippen molar-refractivity contribution in [3.8, 4) is 0 Å². The lowest BCUT2D eigenvalue weighted by molar-refractivity contribution is -0.119. The summed E-state index contributed by atoms with van der Waals surface area (Å²) in [5.41, 5.74) is 1.91. The van der Waals surface area contributed by atoms with Gasteiger partial charge in [-0.25, -0.2) is 9.07 Å². The number of aromatic nitrogens is 2. The smallest absolute Gasteiger partial charge is 0.267 e. The van der Waals surface area contributed by atoms with Gasteiger partial charge < -0.3 is 5.32 Å². The summed E-state index contributed by atoms with van der Waals surface area (Å²) in [7, 11) is 0. The predicted molar refractivity (Wildman–Crippen MR) is 80.3 cm³/mol. The maximum Gasteiger partial charge on any atom is 0.267 e. The van der Waals surface area contributed by atoms with E-state index in [1.54, 1.807) is 19.1 Å². The van der Waals surface area contributed by atoms with Crippen molar-refractivity contribution in [2.24, 2.45) is 0 Å². The molecule has 1 aromatic carbocycles. The molecule has 1 aliphatic rings. The molecule has 0 fully saturated rings. The standard InChI is InChI=1S/C16H16FN3O2/c1-10(16(22)18-13-6-3-5-12(17)9-13)20-15(21)8-11-4-2-7-14(11)19-20/h3,5-6,8-10H,2,4,7H2,1H3,(H,18,22). The number of carbonyl (C=O) groups is 1. The summed E-state index contributed by atoms with van der Waals surface area (Å²) < 4.78 is 14.3. The number of hydrogen-bond acceptors (Lipinski definition) is 3. The summed E-state index contributed by atoms with van der Waals surface area (Å²) in [6, 6.07) is 6.42. The van der Waals surface area contributed by atoms with Gasteiger partial charge >= 0.3 is 0 Å². The molecule has 6 heteroatoms. The molecule has 114 valence electrons. The zero-order valence-electron chi connectivity index (χ0n) is 12.2. The highest BCUT2D eigenvalue weighted by Crippen LogP contribution is 2.18. The number of nitrogens with one attached hydrogen (secondary N) is 1. The van der Waals surface area contributed by atoms with Gasteiger partial charge in [0, 0.05) is 11.8 Å². The summed E-state index contributed by atoms with van der Waals surface area (Å²) in [6.45, 7) is 1.60. The number of hydrogen-bond donors (Lipinski definition) is 1.